The Morgan fingerprint density at radius 1 is 1.31 bits per heavy atom. The van der Waals surface area contributed by atoms with Crippen molar-refractivity contribution in [3.8, 4) is 6.01 Å². The predicted octanol–water partition coefficient (Wildman–Crippen LogP) is 2.93. The molecule has 0 atom stereocenters. The van der Waals surface area contributed by atoms with Gasteiger partial charge in [0.05, 0.1) is 41.4 Å². The summed E-state index contributed by atoms with van der Waals surface area (Å²) in [4.78, 5) is 11.0. The first-order chi connectivity index (χ1) is 12.7. The molecule has 0 aliphatic heterocycles. The highest BCUT2D eigenvalue weighted by Crippen LogP contribution is 2.26. The van der Waals surface area contributed by atoms with Crippen LogP contribution >= 0.6 is 11.6 Å². The van der Waals surface area contributed by atoms with Crippen LogP contribution in [-0.2, 0) is 17.8 Å². The van der Waals surface area contributed by atoms with E-state index >= 15 is 0 Å². The maximum absolute atomic E-state index is 9.44. The zero-order valence-electron chi connectivity index (χ0n) is 14.0. The number of para-hydroxylation sites is 1. The lowest BCUT2D eigenvalue weighted by Crippen LogP contribution is -2.07. The summed E-state index contributed by atoms with van der Waals surface area (Å²) in [5.41, 5.74) is 2.91. The summed E-state index contributed by atoms with van der Waals surface area (Å²) in [6, 6.07) is 9.52. The molecule has 4 rings (SSSR count). The van der Waals surface area contributed by atoms with Crippen LogP contribution in [-0.4, -0.2) is 43.6 Å². The van der Waals surface area contributed by atoms with E-state index < -0.39 is 0 Å². The van der Waals surface area contributed by atoms with E-state index in [0.29, 0.717) is 41.7 Å². The van der Waals surface area contributed by atoms with Crippen LogP contribution in [0.5, 0.6) is 6.01 Å². The molecule has 9 heteroatoms. The maximum atomic E-state index is 9.44. The number of pyridine rings is 1. The van der Waals surface area contributed by atoms with Gasteiger partial charge in [-0.2, -0.15) is 10.1 Å². The van der Waals surface area contributed by atoms with E-state index in [1.54, 1.807) is 13.2 Å². The van der Waals surface area contributed by atoms with E-state index in [4.69, 9.17) is 16.3 Å². The molecule has 0 fully saturated rings. The fourth-order valence-corrected chi connectivity index (χ4v) is 3.09. The Labute approximate surface area is 153 Å². The van der Waals surface area contributed by atoms with Crippen LogP contribution in [0.25, 0.3) is 22.1 Å². The maximum Gasteiger partial charge on any atom is 0.293 e. The second-order valence-electron chi connectivity index (χ2n) is 5.78. The number of ether oxygens (including phenoxy) is 1. The molecule has 3 aromatic heterocycles. The Morgan fingerprint density at radius 2 is 2.15 bits per heavy atom. The van der Waals surface area contributed by atoms with Crippen molar-refractivity contribution in [1.29, 1.82) is 0 Å². The number of methoxy groups -OCH3 is 1. The Hall–Kier alpha value is -2.84. The number of aromatic hydroxyl groups is 1. The monoisotopic (exact) mass is 372 g/mol. The molecule has 0 saturated carbocycles. The van der Waals surface area contributed by atoms with E-state index in [0.717, 1.165) is 16.6 Å². The molecular weight excluding hydrogens is 356 g/mol. The molecule has 3 N–H and O–H groups in total. The fraction of sp³-hybridized carbons (Fsp3) is 0.235. The molecule has 4 aromatic rings. The van der Waals surface area contributed by atoms with Crippen molar-refractivity contribution in [1.82, 2.24) is 24.7 Å². The standard InChI is InChI=1S/C17H17ClN6O2/c1-26-7-6-24-14-5-3-2-4-10(14)13(23-24)9-19-15-11(18)8-12-16(21-15)22-17(25)20-12/h2-5,8H,6-7,9H2,1H3,(H3,19,20,21,22,25). The third-order valence-corrected chi connectivity index (χ3v) is 4.37. The molecule has 8 nitrogen and oxygen atoms in total. The largest absolute Gasteiger partial charge is 0.480 e. The number of hydrogen-bond acceptors (Lipinski definition) is 6. The number of benzene rings is 1. The lowest BCUT2D eigenvalue weighted by Gasteiger charge is -2.06. The van der Waals surface area contributed by atoms with Gasteiger partial charge < -0.3 is 20.1 Å². The summed E-state index contributed by atoms with van der Waals surface area (Å²) in [7, 11) is 1.67. The second-order valence-corrected chi connectivity index (χ2v) is 6.19. The molecule has 0 aliphatic carbocycles. The number of nitrogens with zero attached hydrogens (tertiary/aromatic N) is 4. The topological polar surface area (TPSA) is 101 Å². The van der Waals surface area contributed by atoms with Gasteiger partial charge in [0.25, 0.3) is 6.01 Å². The number of aromatic amines is 1. The quantitative estimate of drug-likeness (QED) is 0.481. The number of rotatable bonds is 6. The molecule has 0 radical (unpaired) electrons. The number of H-pyrrole nitrogens is 1. The SMILES string of the molecule is COCCn1nc(CNc2nc3nc(O)[nH]c3cc2Cl)c2ccccc21. The van der Waals surface area contributed by atoms with Crippen molar-refractivity contribution in [2.24, 2.45) is 0 Å². The third-order valence-electron chi connectivity index (χ3n) is 4.08. The minimum Gasteiger partial charge on any atom is -0.480 e. The van der Waals surface area contributed by atoms with Crippen molar-refractivity contribution < 1.29 is 9.84 Å². The van der Waals surface area contributed by atoms with Gasteiger partial charge in [-0.15, -0.1) is 0 Å². The highest BCUT2D eigenvalue weighted by Gasteiger charge is 2.13. The average Bonchev–Trinajstić information content (AvgIpc) is 3.17. The van der Waals surface area contributed by atoms with Crippen LogP contribution in [0, 0.1) is 0 Å². The van der Waals surface area contributed by atoms with Crippen LogP contribution in [0.15, 0.2) is 30.3 Å². The number of anilines is 1. The first kappa shape index (κ1) is 16.6. The summed E-state index contributed by atoms with van der Waals surface area (Å²) in [6.07, 6.45) is 0. The summed E-state index contributed by atoms with van der Waals surface area (Å²) >= 11 is 6.27. The van der Waals surface area contributed by atoms with E-state index in [1.807, 2.05) is 28.9 Å². The summed E-state index contributed by atoms with van der Waals surface area (Å²) in [6.45, 7) is 1.72. The smallest absolute Gasteiger partial charge is 0.293 e. The highest BCUT2D eigenvalue weighted by molar-refractivity contribution is 6.33. The van der Waals surface area contributed by atoms with Crippen molar-refractivity contribution >= 4 is 39.5 Å². The molecular formula is C17H17ClN6O2. The molecule has 0 spiro atoms. The number of fused-ring (bicyclic) bond motifs is 2. The van der Waals surface area contributed by atoms with Crippen molar-refractivity contribution in [2.75, 3.05) is 19.0 Å². The van der Waals surface area contributed by atoms with Crippen molar-refractivity contribution in [3.63, 3.8) is 0 Å². The normalized spacial score (nSPS) is 11.5. The molecule has 0 unspecified atom stereocenters. The Balaban J connectivity index is 1.62. The van der Waals surface area contributed by atoms with Gasteiger partial charge in [-0.05, 0) is 12.1 Å². The number of halogens is 1. The predicted molar refractivity (Wildman–Crippen MR) is 99.5 cm³/mol. The summed E-state index contributed by atoms with van der Waals surface area (Å²) in [5, 5.41) is 18.8. The van der Waals surface area contributed by atoms with E-state index in [-0.39, 0.29) is 6.01 Å². The Bertz CT molecular complexity index is 1070. The number of hydrogen-bond donors (Lipinski definition) is 3. The van der Waals surface area contributed by atoms with Gasteiger partial charge in [0.2, 0.25) is 0 Å². The van der Waals surface area contributed by atoms with Gasteiger partial charge in [-0.1, -0.05) is 29.8 Å². The van der Waals surface area contributed by atoms with Gasteiger partial charge in [-0.3, -0.25) is 4.68 Å². The van der Waals surface area contributed by atoms with E-state index in [9.17, 15) is 5.11 Å². The minimum atomic E-state index is -0.191. The first-order valence-corrected chi connectivity index (χ1v) is 8.46. The molecule has 0 aliphatic rings. The van der Waals surface area contributed by atoms with Crippen LogP contribution in [0.2, 0.25) is 5.02 Å². The number of imidazole rings is 1. The van der Waals surface area contributed by atoms with Gasteiger partial charge in [-0.25, -0.2) is 4.98 Å². The third kappa shape index (κ3) is 3.04. The van der Waals surface area contributed by atoms with Crippen LogP contribution in [0.3, 0.4) is 0 Å². The highest BCUT2D eigenvalue weighted by atomic mass is 35.5. The first-order valence-electron chi connectivity index (χ1n) is 8.08. The van der Waals surface area contributed by atoms with Gasteiger partial charge in [0.15, 0.2) is 5.65 Å². The van der Waals surface area contributed by atoms with Gasteiger partial charge in [0.1, 0.15) is 5.82 Å². The lowest BCUT2D eigenvalue weighted by atomic mass is 10.2. The Morgan fingerprint density at radius 3 is 3.00 bits per heavy atom. The van der Waals surface area contributed by atoms with E-state index in [1.165, 1.54) is 0 Å². The zero-order valence-corrected chi connectivity index (χ0v) is 14.8. The van der Waals surface area contributed by atoms with Crippen LogP contribution in [0.1, 0.15) is 5.69 Å². The van der Waals surface area contributed by atoms with Crippen molar-refractivity contribution in [2.45, 2.75) is 13.1 Å². The molecule has 0 saturated heterocycles. The average molecular weight is 373 g/mol. The van der Waals surface area contributed by atoms with Crippen LogP contribution < -0.4 is 5.32 Å². The lowest BCUT2D eigenvalue weighted by molar-refractivity contribution is 0.184. The molecule has 3 heterocycles. The molecule has 26 heavy (non-hydrogen) atoms. The minimum absolute atomic E-state index is 0.191. The Kier molecular flexibility index (Phi) is 4.36. The summed E-state index contributed by atoms with van der Waals surface area (Å²) < 4.78 is 7.09. The molecule has 0 amide bonds. The molecule has 134 valence electrons. The second kappa shape index (κ2) is 6.81. The number of aromatic nitrogens is 5. The van der Waals surface area contributed by atoms with E-state index in [2.05, 4.69) is 25.4 Å². The number of nitrogens with one attached hydrogen (secondary N) is 2. The molecule has 0 bridgehead atoms. The zero-order chi connectivity index (χ0) is 18.1. The summed E-state index contributed by atoms with van der Waals surface area (Å²) in [5.74, 6) is 0.487. The fourth-order valence-electron chi connectivity index (χ4n) is 2.87. The van der Waals surface area contributed by atoms with Crippen LogP contribution in [0.4, 0.5) is 5.82 Å². The molecule has 1 aromatic carbocycles. The van der Waals surface area contributed by atoms with Gasteiger partial charge in [0, 0.05) is 12.5 Å². The van der Waals surface area contributed by atoms with Gasteiger partial charge >= 0.3 is 0 Å². The van der Waals surface area contributed by atoms with Crippen molar-refractivity contribution in [3.05, 3.63) is 41.0 Å².